The number of carbonyl (C=O) groups is 3. The van der Waals surface area contributed by atoms with E-state index in [0.717, 1.165) is 0 Å². The van der Waals surface area contributed by atoms with Crippen molar-refractivity contribution in [2.24, 2.45) is 0 Å². The van der Waals surface area contributed by atoms with Gasteiger partial charge in [0.05, 0.1) is 17.6 Å². The Balaban J connectivity index is 1.49. The molecule has 1 aromatic heterocycles. The average Bonchev–Trinajstić information content (AvgIpc) is 2.76. The molecule has 4 rings (SSSR count). The summed E-state index contributed by atoms with van der Waals surface area (Å²) in [4.78, 5) is 50.3. The molecule has 1 aliphatic heterocycles. The van der Waals surface area contributed by atoms with Gasteiger partial charge in [0.1, 0.15) is 5.75 Å². The maximum Gasteiger partial charge on any atom is 0.290 e. The van der Waals surface area contributed by atoms with Crippen molar-refractivity contribution in [2.75, 3.05) is 11.4 Å². The lowest BCUT2D eigenvalue weighted by Crippen LogP contribution is -2.54. The summed E-state index contributed by atoms with van der Waals surface area (Å²) < 4.78 is 5.68. The van der Waals surface area contributed by atoms with Gasteiger partial charge in [0.25, 0.3) is 17.4 Å². The van der Waals surface area contributed by atoms with Crippen LogP contribution in [0.1, 0.15) is 17.4 Å². The Labute approximate surface area is 169 Å². The van der Waals surface area contributed by atoms with Crippen LogP contribution in [0.25, 0.3) is 10.8 Å². The number of anilines is 1. The lowest BCUT2D eigenvalue weighted by molar-refractivity contribution is -0.129. The summed E-state index contributed by atoms with van der Waals surface area (Å²) >= 11 is 0. The second-order valence-electron chi connectivity index (χ2n) is 6.59. The van der Waals surface area contributed by atoms with E-state index in [0.29, 0.717) is 22.2 Å². The van der Waals surface area contributed by atoms with Crippen molar-refractivity contribution in [3.05, 3.63) is 64.6 Å². The van der Waals surface area contributed by atoms with Gasteiger partial charge in [-0.05, 0) is 18.2 Å². The summed E-state index contributed by atoms with van der Waals surface area (Å²) in [6.07, 6.45) is -1.02. The molecule has 1 unspecified atom stereocenters. The Hall–Kier alpha value is -4.21. The van der Waals surface area contributed by atoms with Crippen molar-refractivity contribution in [3.63, 3.8) is 0 Å². The van der Waals surface area contributed by atoms with Gasteiger partial charge in [-0.1, -0.05) is 30.3 Å². The first kappa shape index (κ1) is 19.1. The van der Waals surface area contributed by atoms with Crippen LogP contribution in [0.4, 0.5) is 5.69 Å². The highest BCUT2D eigenvalue weighted by atomic mass is 16.5. The van der Waals surface area contributed by atoms with Crippen LogP contribution >= 0.6 is 0 Å². The van der Waals surface area contributed by atoms with Gasteiger partial charge in [-0.2, -0.15) is 5.10 Å². The molecule has 0 spiro atoms. The zero-order valence-electron chi connectivity index (χ0n) is 15.8. The summed E-state index contributed by atoms with van der Waals surface area (Å²) in [5.74, 6) is -1.21. The minimum absolute atomic E-state index is 0.00606. The van der Waals surface area contributed by atoms with Crippen LogP contribution in [0.15, 0.2) is 53.3 Å². The third-order valence-corrected chi connectivity index (χ3v) is 4.66. The van der Waals surface area contributed by atoms with Crippen molar-refractivity contribution in [1.82, 2.24) is 21.0 Å². The Morgan fingerprint density at radius 1 is 1.07 bits per heavy atom. The van der Waals surface area contributed by atoms with Crippen molar-refractivity contribution >= 4 is 34.2 Å². The number of H-pyrrole nitrogens is 1. The fourth-order valence-corrected chi connectivity index (χ4v) is 3.22. The van der Waals surface area contributed by atoms with Gasteiger partial charge >= 0.3 is 0 Å². The van der Waals surface area contributed by atoms with Gasteiger partial charge in [0.2, 0.25) is 5.91 Å². The number of aromatic nitrogens is 2. The van der Waals surface area contributed by atoms with E-state index in [1.807, 2.05) is 0 Å². The van der Waals surface area contributed by atoms with Crippen LogP contribution in [-0.4, -0.2) is 40.6 Å². The highest BCUT2D eigenvalue weighted by Gasteiger charge is 2.32. The Morgan fingerprint density at radius 2 is 1.77 bits per heavy atom. The molecule has 0 saturated heterocycles. The summed E-state index contributed by atoms with van der Waals surface area (Å²) in [6, 6.07) is 13.4. The Morgan fingerprint density at radius 3 is 2.53 bits per heavy atom. The molecule has 30 heavy (non-hydrogen) atoms. The zero-order valence-corrected chi connectivity index (χ0v) is 15.8. The molecule has 0 aliphatic carbocycles. The van der Waals surface area contributed by atoms with Crippen LogP contribution < -0.4 is 26.0 Å². The number of benzene rings is 2. The van der Waals surface area contributed by atoms with Crippen molar-refractivity contribution < 1.29 is 19.1 Å². The number of aromatic amines is 1. The molecule has 0 bridgehead atoms. The standard InChI is InChI=1S/C20H17N5O5/c1-11(26)25-10-16(30-15-9-5-4-8-14(15)25)19(28)23-24-20(29)17-12-6-2-3-7-13(12)18(27)22-21-17/h2-9,16H,10H2,1H3,(H,22,27)(H,23,28)(H,24,29). The first-order chi connectivity index (χ1) is 14.5. The quantitative estimate of drug-likeness (QED) is 0.530. The number of nitrogens with one attached hydrogen (secondary N) is 3. The minimum Gasteiger partial charge on any atom is -0.476 e. The summed E-state index contributed by atoms with van der Waals surface area (Å²) in [5, 5.41) is 6.68. The van der Waals surface area contributed by atoms with Crippen molar-refractivity contribution in [3.8, 4) is 5.75 Å². The van der Waals surface area contributed by atoms with E-state index < -0.39 is 23.5 Å². The van der Waals surface area contributed by atoms with Gasteiger partial charge in [-0.15, -0.1) is 0 Å². The molecule has 10 heteroatoms. The van der Waals surface area contributed by atoms with E-state index in [2.05, 4.69) is 21.0 Å². The van der Waals surface area contributed by atoms with E-state index in [-0.39, 0.29) is 18.1 Å². The smallest absolute Gasteiger partial charge is 0.290 e. The molecule has 0 saturated carbocycles. The topological polar surface area (TPSA) is 133 Å². The summed E-state index contributed by atoms with van der Waals surface area (Å²) in [5.41, 5.74) is 4.65. The number of carbonyl (C=O) groups excluding carboxylic acids is 3. The predicted octanol–water partition coefficient (Wildman–Crippen LogP) is 0.498. The molecular weight excluding hydrogens is 390 g/mol. The van der Waals surface area contributed by atoms with Gasteiger partial charge < -0.3 is 9.64 Å². The second-order valence-corrected chi connectivity index (χ2v) is 6.59. The van der Waals surface area contributed by atoms with Gasteiger partial charge in [0.15, 0.2) is 11.8 Å². The van der Waals surface area contributed by atoms with Crippen LogP contribution in [0.3, 0.4) is 0 Å². The maximum atomic E-state index is 12.6. The Bertz CT molecular complexity index is 1220. The van der Waals surface area contributed by atoms with Crippen LogP contribution in [-0.2, 0) is 9.59 Å². The summed E-state index contributed by atoms with van der Waals surface area (Å²) in [7, 11) is 0. The Kier molecular flexibility index (Phi) is 4.88. The molecule has 0 radical (unpaired) electrons. The highest BCUT2D eigenvalue weighted by molar-refractivity contribution is 6.05. The van der Waals surface area contributed by atoms with Gasteiger partial charge in [-0.25, -0.2) is 5.10 Å². The van der Waals surface area contributed by atoms with E-state index >= 15 is 0 Å². The fraction of sp³-hybridized carbons (Fsp3) is 0.150. The zero-order chi connectivity index (χ0) is 21.3. The first-order valence-electron chi connectivity index (χ1n) is 9.07. The van der Waals surface area contributed by atoms with E-state index in [9.17, 15) is 19.2 Å². The third kappa shape index (κ3) is 3.46. The average molecular weight is 407 g/mol. The second kappa shape index (κ2) is 7.66. The fourth-order valence-electron chi connectivity index (χ4n) is 3.22. The van der Waals surface area contributed by atoms with Crippen LogP contribution in [0, 0.1) is 0 Å². The molecule has 3 amide bonds. The molecule has 152 valence electrons. The number of hydrogen-bond acceptors (Lipinski definition) is 6. The molecule has 3 N–H and O–H groups in total. The molecule has 2 heterocycles. The van der Waals surface area contributed by atoms with E-state index in [1.54, 1.807) is 48.5 Å². The lowest BCUT2D eigenvalue weighted by atomic mass is 10.1. The number of nitrogens with zero attached hydrogens (tertiary/aromatic N) is 2. The van der Waals surface area contributed by atoms with Crippen LogP contribution in [0.2, 0.25) is 0 Å². The number of hydrazine groups is 1. The molecule has 10 nitrogen and oxygen atoms in total. The number of rotatable bonds is 2. The summed E-state index contributed by atoms with van der Waals surface area (Å²) in [6.45, 7) is 1.39. The van der Waals surface area contributed by atoms with Crippen molar-refractivity contribution in [2.45, 2.75) is 13.0 Å². The molecular formula is C20H17N5O5. The number of amides is 3. The van der Waals surface area contributed by atoms with E-state index in [4.69, 9.17) is 4.74 Å². The maximum absolute atomic E-state index is 12.6. The minimum atomic E-state index is -1.02. The van der Waals surface area contributed by atoms with Gasteiger partial charge in [-0.3, -0.25) is 30.0 Å². The first-order valence-corrected chi connectivity index (χ1v) is 9.07. The SMILES string of the molecule is CC(=O)N1CC(C(=O)NNC(=O)c2n[nH]c(=O)c3ccccc23)Oc2ccccc21. The predicted molar refractivity (Wildman–Crippen MR) is 107 cm³/mol. The number of fused-ring (bicyclic) bond motifs is 2. The normalized spacial score (nSPS) is 15.1. The largest absolute Gasteiger partial charge is 0.476 e. The third-order valence-electron chi connectivity index (χ3n) is 4.66. The molecule has 3 aromatic rings. The monoisotopic (exact) mass is 407 g/mol. The molecule has 1 aliphatic rings. The van der Waals surface area contributed by atoms with Crippen LogP contribution in [0.5, 0.6) is 5.75 Å². The number of hydrogen-bond donors (Lipinski definition) is 3. The molecule has 2 aromatic carbocycles. The van der Waals surface area contributed by atoms with E-state index in [1.165, 1.54) is 11.8 Å². The number of para-hydroxylation sites is 2. The van der Waals surface area contributed by atoms with Crippen molar-refractivity contribution in [1.29, 1.82) is 0 Å². The van der Waals surface area contributed by atoms with Gasteiger partial charge in [0, 0.05) is 12.3 Å². The lowest BCUT2D eigenvalue weighted by Gasteiger charge is -2.33. The highest BCUT2D eigenvalue weighted by Crippen LogP contribution is 2.33. The molecule has 1 atom stereocenters. The number of ether oxygens (including phenoxy) is 1. The molecule has 0 fully saturated rings.